The maximum absolute atomic E-state index is 12.6. The van der Waals surface area contributed by atoms with Gasteiger partial charge in [-0.2, -0.15) is 0 Å². The summed E-state index contributed by atoms with van der Waals surface area (Å²) in [5.74, 6) is 2.19. The molecule has 0 bridgehead atoms. The number of aromatic nitrogens is 2. The molecule has 7 nitrogen and oxygen atoms in total. The van der Waals surface area contributed by atoms with Gasteiger partial charge in [0.2, 0.25) is 5.91 Å². The first-order valence-corrected chi connectivity index (χ1v) is 9.76. The number of rotatable bonds is 5. The largest absolute Gasteiger partial charge is 0.497 e. The van der Waals surface area contributed by atoms with Gasteiger partial charge in [-0.15, -0.1) is 0 Å². The number of para-hydroxylation sites is 1. The third-order valence-corrected chi connectivity index (χ3v) is 5.28. The van der Waals surface area contributed by atoms with E-state index in [0.29, 0.717) is 31.9 Å². The molecule has 1 amide bonds. The molecule has 4 rings (SSSR count). The summed E-state index contributed by atoms with van der Waals surface area (Å²) in [6.07, 6.45) is 0.411. The molecular formula is C22H25N5O2. The lowest BCUT2D eigenvalue weighted by Gasteiger charge is -2.34. The Bertz CT molecular complexity index is 998. The predicted octanol–water partition coefficient (Wildman–Crippen LogP) is 2.11. The van der Waals surface area contributed by atoms with Crippen molar-refractivity contribution in [2.45, 2.75) is 13.0 Å². The molecule has 7 heteroatoms. The van der Waals surface area contributed by atoms with Gasteiger partial charge in [0.15, 0.2) is 0 Å². The fourth-order valence-corrected chi connectivity index (χ4v) is 3.61. The summed E-state index contributed by atoms with van der Waals surface area (Å²) in [5, 5.41) is 0.880. The van der Waals surface area contributed by atoms with E-state index in [1.165, 1.54) is 0 Å². The van der Waals surface area contributed by atoms with Gasteiger partial charge >= 0.3 is 0 Å². The Balaban J connectivity index is 1.32. The number of carbonyl (C=O) groups excluding carboxylic acids is 1. The topological polar surface area (TPSA) is 84.6 Å². The van der Waals surface area contributed by atoms with Gasteiger partial charge in [0.05, 0.1) is 25.6 Å². The third kappa shape index (κ3) is 4.46. The van der Waals surface area contributed by atoms with Gasteiger partial charge in [0.1, 0.15) is 17.4 Å². The molecule has 2 aromatic carbocycles. The lowest BCUT2D eigenvalue weighted by atomic mass is 10.1. The molecular weight excluding hydrogens is 366 g/mol. The van der Waals surface area contributed by atoms with Crippen LogP contribution in [0, 0.1) is 0 Å². The van der Waals surface area contributed by atoms with E-state index < -0.39 is 0 Å². The Morgan fingerprint density at radius 1 is 1.03 bits per heavy atom. The van der Waals surface area contributed by atoms with Gasteiger partial charge in [-0.3, -0.25) is 9.69 Å². The first-order chi connectivity index (χ1) is 14.1. The second kappa shape index (κ2) is 8.45. The molecule has 2 heterocycles. The molecule has 0 spiro atoms. The van der Waals surface area contributed by atoms with Crippen LogP contribution in [0.2, 0.25) is 0 Å². The van der Waals surface area contributed by atoms with Crippen LogP contribution in [0.25, 0.3) is 10.9 Å². The Labute approximate surface area is 170 Å². The Kier molecular flexibility index (Phi) is 5.57. The van der Waals surface area contributed by atoms with Crippen molar-refractivity contribution in [2.75, 3.05) is 39.0 Å². The SMILES string of the molecule is COc1ccc(CC(=O)N2CCN(Cc3nc(N)c4ccccc4n3)CC2)cc1. The van der Waals surface area contributed by atoms with Crippen LogP contribution in [-0.2, 0) is 17.8 Å². The highest BCUT2D eigenvalue weighted by atomic mass is 16.5. The quantitative estimate of drug-likeness (QED) is 0.717. The number of hydrogen-bond acceptors (Lipinski definition) is 6. The van der Waals surface area contributed by atoms with Gasteiger partial charge in [-0.25, -0.2) is 9.97 Å². The van der Waals surface area contributed by atoms with Crippen molar-refractivity contribution in [3.8, 4) is 5.75 Å². The van der Waals surface area contributed by atoms with E-state index in [9.17, 15) is 4.79 Å². The Morgan fingerprint density at radius 2 is 1.76 bits per heavy atom. The van der Waals surface area contributed by atoms with E-state index in [1.54, 1.807) is 7.11 Å². The van der Waals surface area contributed by atoms with Crippen molar-refractivity contribution < 1.29 is 9.53 Å². The van der Waals surface area contributed by atoms with E-state index in [4.69, 9.17) is 10.5 Å². The number of nitrogens with zero attached hydrogens (tertiary/aromatic N) is 4. The molecule has 0 saturated carbocycles. The molecule has 150 valence electrons. The van der Waals surface area contributed by atoms with E-state index in [-0.39, 0.29) is 5.91 Å². The maximum atomic E-state index is 12.6. The number of methoxy groups -OCH3 is 1. The van der Waals surface area contributed by atoms with Gasteiger partial charge < -0.3 is 15.4 Å². The Hall–Kier alpha value is -3.19. The highest BCUT2D eigenvalue weighted by Crippen LogP contribution is 2.18. The zero-order valence-corrected chi connectivity index (χ0v) is 16.5. The minimum absolute atomic E-state index is 0.154. The number of anilines is 1. The zero-order chi connectivity index (χ0) is 20.2. The summed E-state index contributed by atoms with van der Waals surface area (Å²) in [7, 11) is 1.64. The van der Waals surface area contributed by atoms with Crippen LogP contribution in [0.1, 0.15) is 11.4 Å². The van der Waals surface area contributed by atoms with Gasteiger partial charge in [0.25, 0.3) is 0 Å². The van der Waals surface area contributed by atoms with Gasteiger partial charge in [0, 0.05) is 31.6 Å². The zero-order valence-electron chi connectivity index (χ0n) is 16.5. The summed E-state index contributed by atoms with van der Waals surface area (Å²) < 4.78 is 5.16. The molecule has 1 fully saturated rings. The van der Waals surface area contributed by atoms with E-state index in [0.717, 1.165) is 41.1 Å². The van der Waals surface area contributed by atoms with Gasteiger partial charge in [-0.05, 0) is 29.8 Å². The Morgan fingerprint density at radius 3 is 2.48 bits per heavy atom. The highest BCUT2D eigenvalue weighted by molar-refractivity contribution is 5.87. The molecule has 2 N–H and O–H groups in total. The maximum Gasteiger partial charge on any atom is 0.227 e. The molecule has 1 aliphatic rings. The van der Waals surface area contributed by atoms with Gasteiger partial charge in [-0.1, -0.05) is 24.3 Å². The molecule has 0 radical (unpaired) electrons. The first-order valence-electron chi connectivity index (χ1n) is 9.76. The number of amides is 1. The highest BCUT2D eigenvalue weighted by Gasteiger charge is 2.22. The average Bonchev–Trinajstić information content (AvgIpc) is 2.75. The number of nitrogens with two attached hydrogens (primary N) is 1. The predicted molar refractivity (Wildman–Crippen MR) is 113 cm³/mol. The molecule has 29 heavy (non-hydrogen) atoms. The third-order valence-electron chi connectivity index (χ3n) is 5.28. The molecule has 0 atom stereocenters. The minimum Gasteiger partial charge on any atom is -0.497 e. The standard InChI is InChI=1S/C22H25N5O2/c1-29-17-8-6-16(7-9-17)14-21(28)27-12-10-26(11-13-27)15-20-24-19-5-3-2-4-18(19)22(23)25-20/h2-9H,10-15H2,1H3,(H2,23,24,25). The number of benzene rings is 2. The molecule has 1 saturated heterocycles. The fourth-order valence-electron chi connectivity index (χ4n) is 3.61. The minimum atomic E-state index is 0.154. The van der Waals surface area contributed by atoms with Crippen molar-refractivity contribution in [1.82, 2.24) is 19.8 Å². The first kappa shape index (κ1) is 19.1. The normalized spacial score (nSPS) is 14.9. The number of fused-ring (bicyclic) bond motifs is 1. The molecule has 1 aliphatic heterocycles. The second-order valence-electron chi connectivity index (χ2n) is 7.22. The summed E-state index contributed by atoms with van der Waals surface area (Å²) in [6, 6.07) is 15.4. The van der Waals surface area contributed by atoms with Crippen LogP contribution in [-0.4, -0.2) is 59.0 Å². The fraction of sp³-hybridized carbons (Fsp3) is 0.318. The van der Waals surface area contributed by atoms with Crippen molar-refractivity contribution in [2.24, 2.45) is 0 Å². The molecule has 0 aliphatic carbocycles. The van der Waals surface area contributed by atoms with E-state index in [1.807, 2.05) is 53.4 Å². The van der Waals surface area contributed by atoms with Crippen molar-refractivity contribution in [3.05, 3.63) is 59.9 Å². The summed E-state index contributed by atoms with van der Waals surface area (Å²) in [4.78, 5) is 25.9. The van der Waals surface area contributed by atoms with Crippen molar-refractivity contribution in [1.29, 1.82) is 0 Å². The smallest absolute Gasteiger partial charge is 0.227 e. The number of ether oxygens (including phenoxy) is 1. The van der Waals surface area contributed by atoms with Crippen LogP contribution in [0.15, 0.2) is 48.5 Å². The van der Waals surface area contributed by atoms with Crippen molar-refractivity contribution >= 4 is 22.6 Å². The number of carbonyl (C=O) groups is 1. The van der Waals surface area contributed by atoms with Crippen LogP contribution in [0.3, 0.4) is 0 Å². The van der Waals surface area contributed by atoms with Crippen LogP contribution >= 0.6 is 0 Å². The summed E-state index contributed by atoms with van der Waals surface area (Å²) in [6.45, 7) is 3.64. The lowest BCUT2D eigenvalue weighted by molar-refractivity contribution is -0.132. The molecule has 0 unspecified atom stereocenters. The number of nitrogen functional groups attached to an aromatic ring is 1. The monoisotopic (exact) mass is 391 g/mol. The molecule has 3 aromatic rings. The average molecular weight is 391 g/mol. The van der Waals surface area contributed by atoms with Crippen molar-refractivity contribution in [3.63, 3.8) is 0 Å². The summed E-state index contributed by atoms with van der Waals surface area (Å²) in [5.41, 5.74) is 7.95. The van der Waals surface area contributed by atoms with E-state index in [2.05, 4.69) is 14.9 Å². The lowest BCUT2D eigenvalue weighted by Crippen LogP contribution is -2.48. The second-order valence-corrected chi connectivity index (χ2v) is 7.22. The summed E-state index contributed by atoms with van der Waals surface area (Å²) >= 11 is 0. The number of piperazine rings is 1. The van der Waals surface area contributed by atoms with E-state index >= 15 is 0 Å². The van der Waals surface area contributed by atoms with Crippen LogP contribution in [0.5, 0.6) is 5.75 Å². The number of hydrogen-bond donors (Lipinski definition) is 1. The van der Waals surface area contributed by atoms with Crippen LogP contribution in [0.4, 0.5) is 5.82 Å². The van der Waals surface area contributed by atoms with Crippen LogP contribution < -0.4 is 10.5 Å². The molecule has 1 aromatic heterocycles.